The van der Waals surface area contributed by atoms with Crippen molar-refractivity contribution in [1.82, 2.24) is 0 Å². The van der Waals surface area contributed by atoms with Crippen LogP contribution in [0.2, 0.25) is 0 Å². The predicted molar refractivity (Wildman–Crippen MR) is 80.0 cm³/mol. The molecule has 0 unspecified atom stereocenters. The minimum Gasteiger partial charge on any atom is -0.457 e. The molecule has 0 radical (unpaired) electrons. The van der Waals surface area contributed by atoms with E-state index in [9.17, 15) is 25.0 Å². The Labute approximate surface area is 130 Å². The molecule has 2 rings (SSSR count). The summed E-state index contributed by atoms with van der Waals surface area (Å²) >= 11 is 0. The molecule has 2 aromatic carbocycles. The third-order valence-corrected chi connectivity index (χ3v) is 3.19. The molecule has 0 N–H and O–H groups in total. The smallest absolute Gasteiger partial charge is 0.338 e. The van der Waals surface area contributed by atoms with Gasteiger partial charge in [0.05, 0.1) is 15.4 Å². The van der Waals surface area contributed by atoms with E-state index in [1.165, 1.54) is 6.92 Å². The zero-order chi connectivity index (χ0) is 17.0. The number of carbonyl (C=O) groups is 1. The second kappa shape index (κ2) is 6.65. The lowest BCUT2D eigenvalue weighted by atomic mass is 10.1. The average molecular weight is 316 g/mol. The van der Waals surface area contributed by atoms with Crippen LogP contribution in [0.25, 0.3) is 0 Å². The molecule has 0 aliphatic carbocycles. The molecule has 23 heavy (non-hydrogen) atoms. The molecular weight excluding hydrogens is 304 g/mol. The molecule has 0 aromatic heterocycles. The molecule has 0 amide bonds. The number of rotatable bonds is 5. The summed E-state index contributed by atoms with van der Waals surface area (Å²) in [5.74, 6) is -0.861. The van der Waals surface area contributed by atoms with E-state index in [2.05, 4.69) is 0 Å². The van der Waals surface area contributed by atoms with Gasteiger partial charge in [0.15, 0.2) is 0 Å². The first-order valence-corrected chi connectivity index (χ1v) is 6.54. The van der Waals surface area contributed by atoms with Crippen LogP contribution in [0.4, 0.5) is 11.4 Å². The van der Waals surface area contributed by atoms with Crippen molar-refractivity contribution in [2.45, 2.75) is 13.5 Å². The van der Waals surface area contributed by atoms with Gasteiger partial charge in [-0.3, -0.25) is 20.2 Å². The van der Waals surface area contributed by atoms with Crippen LogP contribution >= 0.6 is 0 Å². The van der Waals surface area contributed by atoms with Crippen molar-refractivity contribution < 1.29 is 19.4 Å². The van der Waals surface area contributed by atoms with Crippen LogP contribution in [0.5, 0.6) is 0 Å². The van der Waals surface area contributed by atoms with E-state index >= 15 is 0 Å². The summed E-state index contributed by atoms with van der Waals surface area (Å²) in [5.41, 5.74) is -0.599. The summed E-state index contributed by atoms with van der Waals surface area (Å²) in [6.45, 7) is 1.23. The number of carbonyl (C=O) groups excluding carboxylic acids is 1. The number of hydrogen-bond donors (Lipinski definition) is 0. The van der Waals surface area contributed by atoms with E-state index in [4.69, 9.17) is 4.74 Å². The SMILES string of the molecule is Cc1c([N+](=O)[O-])cc(C(=O)OCc2ccccc2)cc1[N+](=O)[O-]. The van der Waals surface area contributed by atoms with E-state index in [0.29, 0.717) is 0 Å². The lowest BCUT2D eigenvalue weighted by Gasteiger charge is -2.06. The second-order valence-corrected chi connectivity index (χ2v) is 4.72. The number of nitro groups is 2. The van der Waals surface area contributed by atoms with Crippen molar-refractivity contribution in [3.8, 4) is 0 Å². The third kappa shape index (κ3) is 3.67. The zero-order valence-electron chi connectivity index (χ0n) is 12.1. The molecule has 8 heteroatoms. The highest BCUT2D eigenvalue weighted by Gasteiger charge is 2.25. The summed E-state index contributed by atoms with van der Waals surface area (Å²) in [6.07, 6.45) is 0. The Balaban J connectivity index is 2.29. The first-order valence-electron chi connectivity index (χ1n) is 6.54. The lowest BCUT2D eigenvalue weighted by Crippen LogP contribution is -2.08. The lowest BCUT2D eigenvalue weighted by molar-refractivity contribution is -0.395. The standard InChI is InChI=1S/C15H12N2O6/c1-10-13(16(19)20)7-12(8-14(10)17(21)22)15(18)23-9-11-5-3-2-4-6-11/h2-8H,9H2,1H3. The van der Waals surface area contributed by atoms with Crippen LogP contribution in [-0.4, -0.2) is 15.8 Å². The van der Waals surface area contributed by atoms with E-state index in [-0.39, 0.29) is 17.7 Å². The van der Waals surface area contributed by atoms with Crippen LogP contribution in [0.1, 0.15) is 21.5 Å². The van der Waals surface area contributed by atoms with Gasteiger partial charge in [0.25, 0.3) is 11.4 Å². The maximum absolute atomic E-state index is 12.0. The fourth-order valence-electron chi connectivity index (χ4n) is 1.99. The van der Waals surface area contributed by atoms with Gasteiger partial charge in [-0.05, 0) is 12.5 Å². The summed E-state index contributed by atoms with van der Waals surface area (Å²) < 4.78 is 5.04. The molecule has 0 saturated heterocycles. The van der Waals surface area contributed by atoms with E-state index in [1.54, 1.807) is 30.3 Å². The van der Waals surface area contributed by atoms with Gasteiger partial charge < -0.3 is 4.74 Å². The topological polar surface area (TPSA) is 113 Å². The molecule has 2 aromatic rings. The largest absolute Gasteiger partial charge is 0.457 e. The van der Waals surface area contributed by atoms with Gasteiger partial charge in [0.1, 0.15) is 12.2 Å². The maximum atomic E-state index is 12.0. The Morgan fingerprint density at radius 1 is 1.04 bits per heavy atom. The number of benzene rings is 2. The van der Waals surface area contributed by atoms with E-state index in [0.717, 1.165) is 17.7 Å². The highest BCUT2D eigenvalue weighted by Crippen LogP contribution is 2.29. The van der Waals surface area contributed by atoms with Crippen LogP contribution in [0.3, 0.4) is 0 Å². The van der Waals surface area contributed by atoms with Gasteiger partial charge in [0, 0.05) is 12.1 Å². The van der Waals surface area contributed by atoms with Crippen LogP contribution in [0.15, 0.2) is 42.5 Å². The van der Waals surface area contributed by atoms with Crippen LogP contribution in [0, 0.1) is 27.2 Å². The highest BCUT2D eigenvalue weighted by atomic mass is 16.6. The quantitative estimate of drug-likeness (QED) is 0.475. The van der Waals surface area contributed by atoms with Crippen molar-refractivity contribution in [3.63, 3.8) is 0 Å². The zero-order valence-corrected chi connectivity index (χ0v) is 12.1. The second-order valence-electron chi connectivity index (χ2n) is 4.72. The summed E-state index contributed by atoms with van der Waals surface area (Å²) in [5, 5.41) is 22.0. The van der Waals surface area contributed by atoms with Crippen molar-refractivity contribution in [2.75, 3.05) is 0 Å². The Bertz CT molecular complexity index is 738. The molecule has 0 aliphatic rings. The molecule has 0 heterocycles. The number of hydrogen-bond acceptors (Lipinski definition) is 6. The molecule has 118 valence electrons. The van der Waals surface area contributed by atoms with Crippen LogP contribution < -0.4 is 0 Å². The fraction of sp³-hybridized carbons (Fsp3) is 0.133. The summed E-state index contributed by atoms with van der Waals surface area (Å²) in [4.78, 5) is 32.4. The number of nitro benzene ring substituents is 2. The highest BCUT2D eigenvalue weighted by molar-refractivity contribution is 5.91. The maximum Gasteiger partial charge on any atom is 0.338 e. The van der Waals surface area contributed by atoms with Gasteiger partial charge in [-0.15, -0.1) is 0 Å². The summed E-state index contributed by atoms with van der Waals surface area (Å²) in [6, 6.07) is 10.8. The normalized spacial score (nSPS) is 10.1. The van der Waals surface area contributed by atoms with Gasteiger partial charge in [-0.25, -0.2) is 4.79 Å². The predicted octanol–water partition coefficient (Wildman–Crippen LogP) is 3.17. The van der Waals surface area contributed by atoms with Gasteiger partial charge in [0.2, 0.25) is 0 Å². The number of esters is 1. The first-order chi connectivity index (χ1) is 10.9. The van der Waals surface area contributed by atoms with Gasteiger partial charge >= 0.3 is 5.97 Å². The summed E-state index contributed by atoms with van der Waals surface area (Å²) in [7, 11) is 0. The third-order valence-electron chi connectivity index (χ3n) is 3.19. The molecular formula is C15H12N2O6. The van der Waals surface area contributed by atoms with Crippen molar-refractivity contribution in [2.24, 2.45) is 0 Å². The Kier molecular flexibility index (Phi) is 4.65. The Hall–Kier alpha value is -3.29. The Morgan fingerprint density at radius 2 is 1.57 bits per heavy atom. The van der Waals surface area contributed by atoms with Crippen LogP contribution in [-0.2, 0) is 11.3 Å². The van der Waals surface area contributed by atoms with Crippen molar-refractivity contribution >= 4 is 17.3 Å². The molecule has 0 saturated carbocycles. The Morgan fingerprint density at radius 3 is 2.04 bits per heavy atom. The first kappa shape index (κ1) is 16.1. The van der Waals surface area contributed by atoms with Gasteiger partial charge in [-0.2, -0.15) is 0 Å². The molecule has 0 spiro atoms. The molecule has 0 fully saturated rings. The van der Waals surface area contributed by atoms with Crippen molar-refractivity contribution in [1.29, 1.82) is 0 Å². The monoisotopic (exact) mass is 316 g/mol. The minimum absolute atomic E-state index is 0.0326. The number of nitrogens with zero attached hydrogens (tertiary/aromatic N) is 2. The van der Waals surface area contributed by atoms with E-state index in [1.807, 2.05) is 0 Å². The molecule has 8 nitrogen and oxygen atoms in total. The molecule has 0 bridgehead atoms. The van der Waals surface area contributed by atoms with E-state index < -0.39 is 27.2 Å². The molecule has 0 atom stereocenters. The van der Waals surface area contributed by atoms with Gasteiger partial charge in [-0.1, -0.05) is 30.3 Å². The molecule has 0 aliphatic heterocycles. The van der Waals surface area contributed by atoms with Crippen molar-refractivity contribution in [3.05, 3.63) is 79.4 Å². The average Bonchev–Trinajstić information content (AvgIpc) is 2.53. The fourth-order valence-corrected chi connectivity index (χ4v) is 1.99. The minimum atomic E-state index is -0.861. The number of ether oxygens (including phenoxy) is 1.